The van der Waals surface area contributed by atoms with Crippen molar-refractivity contribution in [3.63, 3.8) is 0 Å². The number of nitrogens with one attached hydrogen (secondary N) is 1. The van der Waals surface area contributed by atoms with Crippen LogP contribution in [0, 0.1) is 0 Å². The van der Waals surface area contributed by atoms with E-state index in [4.69, 9.17) is 0 Å². The third kappa shape index (κ3) is 4.10. The molecule has 1 aliphatic carbocycles. The lowest BCUT2D eigenvalue weighted by molar-refractivity contribution is -0.121. The number of pyridine rings is 1. The van der Waals surface area contributed by atoms with Gasteiger partial charge in [0.2, 0.25) is 5.91 Å². The molecule has 0 aromatic carbocycles. The maximum Gasteiger partial charge on any atom is 0.261 e. The predicted molar refractivity (Wildman–Crippen MR) is 97.5 cm³/mol. The molecular formula is C18H27N5O2. The second-order valence-electron chi connectivity index (χ2n) is 6.96. The van der Waals surface area contributed by atoms with Gasteiger partial charge in [0.25, 0.3) is 5.56 Å². The largest absolute Gasteiger partial charge is 0.353 e. The molecule has 1 saturated carbocycles. The van der Waals surface area contributed by atoms with Gasteiger partial charge in [-0.05, 0) is 26.0 Å². The van der Waals surface area contributed by atoms with Crippen LogP contribution in [0.5, 0.6) is 0 Å². The fourth-order valence-electron chi connectivity index (χ4n) is 3.57. The minimum absolute atomic E-state index is 0.0808. The second kappa shape index (κ2) is 7.82. The zero-order valence-electron chi connectivity index (χ0n) is 15.1. The fourth-order valence-corrected chi connectivity index (χ4v) is 3.57. The van der Waals surface area contributed by atoms with Crippen molar-refractivity contribution in [1.29, 1.82) is 0 Å². The van der Waals surface area contributed by atoms with E-state index < -0.39 is 0 Å². The average Bonchev–Trinajstić information content (AvgIpc) is 3.02. The van der Waals surface area contributed by atoms with E-state index in [1.54, 1.807) is 17.9 Å². The SMILES string of the molecule is CN(CCNC(=O)Cn1ncc2c(=O)n(C)ccc21)C1CCCCC1. The molecule has 2 heterocycles. The predicted octanol–water partition coefficient (Wildman–Crippen LogP) is 1.12. The molecule has 2 aromatic heterocycles. The van der Waals surface area contributed by atoms with Gasteiger partial charge in [-0.25, -0.2) is 0 Å². The van der Waals surface area contributed by atoms with Gasteiger partial charge in [-0.15, -0.1) is 0 Å². The van der Waals surface area contributed by atoms with Crippen LogP contribution < -0.4 is 10.9 Å². The number of likely N-dealkylation sites (N-methyl/N-ethyl adjacent to an activating group) is 1. The minimum Gasteiger partial charge on any atom is -0.353 e. The Morgan fingerprint density at radius 3 is 2.88 bits per heavy atom. The van der Waals surface area contributed by atoms with Crippen LogP contribution in [0.1, 0.15) is 32.1 Å². The van der Waals surface area contributed by atoms with Crippen molar-refractivity contribution in [2.75, 3.05) is 20.1 Å². The van der Waals surface area contributed by atoms with E-state index in [2.05, 4.69) is 22.4 Å². The molecule has 0 bridgehead atoms. The highest BCUT2D eigenvalue weighted by Crippen LogP contribution is 2.21. The van der Waals surface area contributed by atoms with Crippen LogP contribution in [0.3, 0.4) is 0 Å². The van der Waals surface area contributed by atoms with E-state index in [-0.39, 0.29) is 18.0 Å². The summed E-state index contributed by atoms with van der Waals surface area (Å²) in [4.78, 5) is 26.6. The highest BCUT2D eigenvalue weighted by Gasteiger charge is 2.17. The first kappa shape index (κ1) is 17.7. The monoisotopic (exact) mass is 345 g/mol. The first-order valence-electron chi connectivity index (χ1n) is 9.04. The van der Waals surface area contributed by atoms with Crippen LogP contribution in [0.2, 0.25) is 0 Å². The number of nitrogens with zero attached hydrogens (tertiary/aromatic N) is 4. The number of carbonyl (C=O) groups is 1. The van der Waals surface area contributed by atoms with Crippen LogP contribution in [0.25, 0.3) is 10.9 Å². The van der Waals surface area contributed by atoms with Gasteiger partial charge in [0.05, 0.1) is 17.1 Å². The Bertz CT molecular complexity index is 788. The van der Waals surface area contributed by atoms with E-state index in [0.29, 0.717) is 23.5 Å². The Morgan fingerprint density at radius 1 is 1.36 bits per heavy atom. The summed E-state index contributed by atoms with van der Waals surface area (Å²) >= 11 is 0. The Morgan fingerprint density at radius 2 is 2.12 bits per heavy atom. The Kier molecular flexibility index (Phi) is 5.53. The van der Waals surface area contributed by atoms with Crippen molar-refractivity contribution in [3.05, 3.63) is 28.8 Å². The average molecular weight is 345 g/mol. The van der Waals surface area contributed by atoms with Crippen molar-refractivity contribution in [2.24, 2.45) is 7.05 Å². The van der Waals surface area contributed by atoms with Crippen molar-refractivity contribution < 1.29 is 4.79 Å². The van der Waals surface area contributed by atoms with Crippen LogP contribution in [-0.4, -0.2) is 51.3 Å². The number of hydrogen-bond donors (Lipinski definition) is 1. The summed E-state index contributed by atoms with van der Waals surface area (Å²) in [7, 11) is 3.84. The molecular weight excluding hydrogens is 318 g/mol. The highest BCUT2D eigenvalue weighted by atomic mass is 16.2. The van der Waals surface area contributed by atoms with Crippen molar-refractivity contribution >= 4 is 16.8 Å². The summed E-state index contributed by atoms with van der Waals surface area (Å²) in [5.41, 5.74) is 0.593. The molecule has 1 amide bonds. The zero-order valence-corrected chi connectivity index (χ0v) is 15.1. The molecule has 1 aliphatic rings. The maximum atomic E-state index is 12.2. The molecule has 2 aromatic rings. The number of amides is 1. The van der Waals surface area contributed by atoms with Crippen molar-refractivity contribution in [3.8, 4) is 0 Å². The maximum absolute atomic E-state index is 12.2. The number of aryl methyl sites for hydroxylation is 1. The summed E-state index contributed by atoms with van der Waals surface area (Å²) in [6.45, 7) is 1.62. The third-order valence-corrected chi connectivity index (χ3v) is 5.17. The lowest BCUT2D eigenvalue weighted by Crippen LogP contribution is -2.40. The first-order chi connectivity index (χ1) is 12.1. The third-order valence-electron chi connectivity index (χ3n) is 5.17. The lowest BCUT2D eigenvalue weighted by Gasteiger charge is -2.31. The van der Waals surface area contributed by atoms with Crippen LogP contribution >= 0.6 is 0 Å². The zero-order chi connectivity index (χ0) is 17.8. The van der Waals surface area contributed by atoms with E-state index in [1.807, 2.05) is 6.07 Å². The quantitative estimate of drug-likeness (QED) is 0.851. The molecule has 25 heavy (non-hydrogen) atoms. The van der Waals surface area contributed by atoms with Gasteiger partial charge in [-0.2, -0.15) is 5.10 Å². The van der Waals surface area contributed by atoms with Gasteiger partial charge in [0.1, 0.15) is 6.54 Å². The number of aromatic nitrogens is 3. The summed E-state index contributed by atoms with van der Waals surface area (Å²) in [6.07, 6.45) is 9.72. The van der Waals surface area contributed by atoms with E-state index in [0.717, 1.165) is 6.54 Å². The first-order valence-corrected chi connectivity index (χ1v) is 9.04. The van der Waals surface area contributed by atoms with Crippen LogP contribution in [0.15, 0.2) is 23.3 Å². The van der Waals surface area contributed by atoms with Gasteiger partial charge in [-0.1, -0.05) is 19.3 Å². The summed E-state index contributed by atoms with van der Waals surface area (Å²) in [5, 5.41) is 7.68. The Balaban J connectivity index is 1.51. The number of rotatable bonds is 6. The van der Waals surface area contributed by atoms with Gasteiger partial charge in [-0.3, -0.25) is 14.3 Å². The number of hydrogen-bond acceptors (Lipinski definition) is 4. The normalized spacial score (nSPS) is 15.8. The van der Waals surface area contributed by atoms with Crippen molar-refractivity contribution in [2.45, 2.75) is 44.7 Å². The molecule has 1 fully saturated rings. The smallest absolute Gasteiger partial charge is 0.261 e. The molecule has 0 aliphatic heterocycles. The van der Waals surface area contributed by atoms with Crippen LogP contribution in [0.4, 0.5) is 0 Å². The number of carbonyl (C=O) groups excluding carboxylic acids is 1. The standard InChI is InChI=1S/C18H27N5O2/c1-21(14-6-4-3-5-7-14)11-9-19-17(24)13-23-16-8-10-22(2)18(25)15(16)12-20-23/h8,10,12,14H,3-7,9,11,13H2,1-2H3,(H,19,24). The second-order valence-corrected chi connectivity index (χ2v) is 6.96. The fraction of sp³-hybridized carbons (Fsp3) is 0.611. The lowest BCUT2D eigenvalue weighted by atomic mass is 9.94. The molecule has 7 nitrogen and oxygen atoms in total. The molecule has 0 radical (unpaired) electrons. The molecule has 3 rings (SSSR count). The van der Waals surface area contributed by atoms with E-state index in [9.17, 15) is 9.59 Å². The minimum atomic E-state index is -0.0988. The summed E-state index contributed by atoms with van der Waals surface area (Å²) < 4.78 is 3.09. The molecule has 0 atom stereocenters. The van der Waals surface area contributed by atoms with E-state index in [1.165, 1.54) is 42.9 Å². The van der Waals surface area contributed by atoms with Crippen molar-refractivity contribution in [1.82, 2.24) is 24.6 Å². The van der Waals surface area contributed by atoms with Gasteiger partial charge >= 0.3 is 0 Å². The van der Waals surface area contributed by atoms with Gasteiger partial charge < -0.3 is 14.8 Å². The topological polar surface area (TPSA) is 72.2 Å². The Labute approximate surface area is 147 Å². The van der Waals surface area contributed by atoms with Gasteiger partial charge in [0, 0.05) is 32.4 Å². The van der Waals surface area contributed by atoms with Crippen LogP contribution in [-0.2, 0) is 18.4 Å². The molecule has 136 valence electrons. The molecule has 0 saturated heterocycles. The summed E-state index contributed by atoms with van der Waals surface area (Å²) in [5.74, 6) is -0.0808. The molecule has 0 spiro atoms. The molecule has 1 N–H and O–H groups in total. The van der Waals surface area contributed by atoms with Gasteiger partial charge in [0.15, 0.2) is 0 Å². The summed E-state index contributed by atoms with van der Waals surface area (Å²) in [6, 6.07) is 2.46. The highest BCUT2D eigenvalue weighted by molar-refractivity contribution is 5.81. The van der Waals surface area contributed by atoms with E-state index >= 15 is 0 Å². The number of fused-ring (bicyclic) bond motifs is 1. The molecule has 7 heteroatoms. The molecule has 0 unspecified atom stereocenters. The Hall–Kier alpha value is -2.15.